The highest BCUT2D eigenvalue weighted by atomic mass is 15.1. The van der Waals surface area contributed by atoms with Crippen LogP contribution >= 0.6 is 0 Å². The zero-order chi connectivity index (χ0) is 68.3. The van der Waals surface area contributed by atoms with Gasteiger partial charge in [-0.05, 0) is 133 Å². The van der Waals surface area contributed by atoms with Gasteiger partial charge in [-0.1, -0.05) is 206 Å². The molecule has 22 aromatic rings. The molecular weight excluding hydrogens is 1270 g/mol. The molecule has 10 nitrogen and oxygen atoms in total. The second kappa shape index (κ2) is 22.3. The maximum atomic E-state index is 12.1. The molecule has 0 radical (unpaired) electrons. The summed E-state index contributed by atoms with van der Waals surface area (Å²) >= 11 is 0. The molecule has 0 saturated carbocycles. The summed E-state index contributed by atoms with van der Waals surface area (Å²) < 4.78 is 14.4. The number of para-hydroxylation sites is 8. The molecule has 0 unspecified atom stereocenters. The standard InChI is InChI=1S/C94H56N10/c95-57-60-51-90(103-86-47-43-61(99-78-35-15-7-27-65(78)66-28-8-16-36-79(66)99)52-74(86)75-53-62(44-48-87(75)103)100-80-37-17-9-29-67(80)68-30-10-18-38-81(68)100)91(56-73(60)94-97-92(58-23-3-1-4-24-58)96-93(98-94)59-25-5-2-6-26-59)104-88-49-45-63(101-82-39-19-11-31-69(82)70-32-12-20-40-83(70)101)54-76(88)77-55-64(46-50-89(77)104)102-84-41-21-13-33-71(84)72-34-14-22-42-85(72)102/h1-56H. The summed E-state index contributed by atoms with van der Waals surface area (Å²) in [7, 11) is 0. The number of aromatic nitrogens is 9. The maximum absolute atomic E-state index is 12.1. The minimum Gasteiger partial charge on any atom is -0.309 e. The van der Waals surface area contributed by atoms with Crippen molar-refractivity contribution < 1.29 is 0 Å². The van der Waals surface area contributed by atoms with Gasteiger partial charge in [0.15, 0.2) is 17.5 Å². The monoisotopic (exact) mass is 1320 g/mol. The number of hydrogen-bond donors (Lipinski definition) is 0. The van der Waals surface area contributed by atoms with E-state index in [2.05, 4.69) is 313 Å². The zero-order valence-electron chi connectivity index (χ0n) is 55.8. The van der Waals surface area contributed by atoms with Crippen molar-refractivity contribution in [3.63, 3.8) is 0 Å². The number of benzene rings is 15. The van der Waals surface area contributed by atoms with Crippen LogP contribution < -0.4 is 0 Å². The van der Waals surface area contributed by atoms with E-state index < -0.39 is 0 Å². The van der Waals surface area contributed by atoms with Crippen LogP contribution in [0, 0.1) is 11.3 Å². The lowest BCUT2D eigenvalue weighted by Gasteiger charge is -2.20. The molecule has 104 heavy (non-hydrogen) atoms. The van der Waals surface area contributed by atoms with Gasteiger partial charge in [-0.3, -0.25) is 0 Å². The Hall–Kier alpha value is -14.4. The van der Waals surface area contributed by atoms with E-state index >= 15 is 0 Å². The molecule has 22 rings (SSSR count). The van der Waals surface area contributed by atoms with Crippen LogP contribution in [-0.4, -0.2) is 42.4 Å². The van der Waals surface area contributed by atoms with E-state index in [-0.39, 0.29) is 0 Å². The molecule has 7 aromatic heterocycles. The van der Waals surface area contributed by atoms with Crippen LogP contribution in [0.15, 0.2) is 340 Å². The lowest BCUT2D eigenvalue weighted by atomic mass is 10.0. The molecule has 0 N–H and O–H groups in total. The smallest absolute Gasteiger partial charge is 0.165 e. The second-order valence-electron chi connectivity index (χ2n) is 27.0. The first-order valence-corrected chi connectivity index (χ1v) is 35.1. The van der Waals surface area contributed by atoms with Crippen molar-refractivity contribution in [1.29, 1.82) is 5.26 Å². The predicted molar refractivity (Wildman–Crippen MR) is 427 cm³/mol. The van der Waals surface area contributed by atoms with Gasteiger partial charge in [0.25, 0.3) is 0 Å². The Morgan fingerprint density at radius 2 is 0.433 bits per heavy atom. The molecule has 0 saturated heterocycles. The summed E-state index contributed by atoms with van der Waals surface area (Å²) in [5.74, 6) is 1.37. The van der Waals surface area contributed by atoms with Crippen molar-refractivity contribution in [3.05, 3.63) is 345 Å². The number of nitrogens with zero attached hydrogens (tertiary/aromatic N) is 10. The lowest BCUT2D eigenvalue weighted by molar-refractivity contribution is 1.06. The van der Waals surface area contributed by atoms with E-state index in [0.29, 0.717) is 28.6 Å². The molecule has 0 amide bonds. The Kier molecular flexibility index (Phi) is 12.3. The molecule has 7 heterocycles. The van der Waals surface area contributed by atoms with Gasteiger partial charge >= 0.3 is 0 Å². The highest BCUT2D eigenvalue weighted by Crippen LogP contribution is 2.46. The quantitative estimate of drug-likeness (QED) is 0.144. The average Bonchev–Trinajstić information content (AvgIpc) is 1.54. The van der Waals surface area contributed by atoms with Crippen molar-refractivity contribution in [2.75, 3.05) is 0 Å². The Morgan fingerprint density at radius 3 is 0.702 bits per heavy atom. The van der Waals surface area contributed by atoms with Gasteiger partial charge in [0.2, 0.25) is 0 Å². The van der Waals surface area contributed by atoms with Crippen LogP contribution in [0.5, 0.6) is 0 Å². The van der Waals surface area contributed by atoms with Gasteiger partial charge in [-0.15, -0.1) is 0 Å². The van der Waals surface area contributed by atoms with Gasteiger partial charge in [0, 0.05) is 104 Å². The Bertz CT molecular complexity index is 6820. The molecule has 0 aliphatic carbocycles. The first-order chi connectivity index (χ1) is 51.6. The van der Waals surface area contributed by atoms with Crippen LogP contribution in [0.2, 0.25) is 0 Å². The highest BCUT2D eigenvalue weighted by molar-refractivity contribution is 6.17. The van der Waals surface area contributed by atoms with E-state index in [1.165, 1.54) is 43.1 Å². The van der Waals surface area contributed by atoms with Gasteiger partial charge in [-0.25, -0.2) is 15.0 Å². The Labute approximate surface area is 594 Å². The molecule has 15 aromatic carbocycles. The fourth-order valence-electron chi connectivity index (χ4n) is 17.0. The number of nitriles is 1. The third-order valence-corrected chi connectivity index (χ3v) is 21.5. The van der Waals surface area contributed by atoms with Gasteiger partial charge < -0.3 is 27.4 Å². The Balaban J connectivity index is 0.879. The fourth-order valence-corrected chi connectivity index (χ4v) is 17.0. The van der Waals surface area contributed by atoms with Crippen LogP contribution in [-0.2, 0) is 0 Å². The highest BCUT2D eigenvalue weighted by Gasteiger charge is 2.28. The van der Waals surface area contributed by atoms with Crippen molar-refractivity contribution in [2.45, 2.75) is 0 Å². The molecular formula is C94H56N10. The number of rotatable bonds is 9. The summed E-state index contributed by atoms with van der Waals surface area (Å²) in [5.41, 5.74) is 21.2. The minimum atomic E-state index is 0.374. The normalized spacial score (nSPS) is 12.0. The first-order valence-electron chi connectivity index (χ1n) is 35.1. The summed E-state index contributed by atoms with van der Waals surface area (Å²) in [6, 6.07) is 124. The third kappa shape index (κ3) is 8.40. The van der Waals surface area contributed by atoms with Crippen LogP contribution in [0.25, 0.3) is 199 Å². The molecule has 0 spiro atoms. The molecule has 482 valence electrons. The molecule has 0 atom stereocenters. The molecule has 0 fully saturated rings. The topological polar surface area (TPSA) is 92.0 Å². The SMILES string of the molecule is N#Cc1cc(-n2c3ccc(-n4c5ccccc5c5ccccc54)cc3c3cc(-n4c5ccccc5c5ccccc54)ccc32)c(-n2c3ccc(-n4c5ccccc5c5ccccc54)cc3c3cc(-n4c5ccccc5c5ccccc54)ccc32)cc1-c1nc(-c2ccccc2)nc(-c2ccccc2)n1. The van der Waals surface area contributed by atoms with Gasteiger partial charge in [0.05, 0.1) is 89.2 Å². The Morgan fingerprint density at radius 1 is 0.202 bits per heavy atom. The molecule has 0 bridgehead atoms. The van der Waals surface area contributed by atoms with Crippen LogP contribution in [0.1, 0.15) is 5.56 Å². The van der Waals surface area contributed by atoms with Crippen molar-refractivity contribution >= 4 is 131 Å². The van der Waals surface area contributed by atoms with Crippen molar-refractivity contribution in [3.8, 4) is 74.4 Å². The van der Waals surface area contributed by atoms with Crippen molar-refractivity contribution in [2.24, 2.45) is 0 Å². The average molecular weight is 1330 g/mol. The predicted octanol–water partition coefficient (Wildman–Crippen LogP) is 23.3. The summed E-state index contributed by atoms with van der Waals surface area (Å²) in [4.78, 5) is 15.9. The van der Waals surface area contributed by atoms with Crippen LogP contribution in [0.4, 0.5) is 0 Å². The minimum absolute atomic E-state index is 0.374. The summed E-state index contributed by atoms with van der Waals surface area (Å²) in [5, 5.41) is 25.8. The van der Waals surface area contributed by atoms with Gasteiger partial charge in [0.1, 0.15) is 0 Å². The largest absolute Gasteiger partial charge is 0.309 e. The summed E-state index contributed by atoms with van der Waals surface area (Å²) in [6.07, 6.45) is 0. The molecule has 0 aliphatic rings. The fraction of sp³-hybridized carbons (Fsp3) is 0. The van der Waals surface area contributed by atoms with E-state index in [1.807, 2.05) is 60.7 Å². The van der Waals surface area contributed by atoms with E-state index in [4.69, 9.17) is 15.0 Å². The van der Waals surface area contributed by atoms with Crippen molar-refractivity contribution in [1.82, 2.24) is 42.4 Å². The number of hydrogen-bond acceptors (Lipinski definition) is 4. The zero-order valence-corrected chi connectivity index (χ0v) is 55.8. The molecule has 0 aliphatic heterocycles. The van der Waals surface area contributed by atoms with E-state index in [1.54, 1.807) is 0 Å². The number of fused-ring (bicyclic) bond motifs is 18. The van der Waals surface area contributed by atoms with E-state index in [9.17, 15) is 5.26 Å². The van der Waals surface area contributed by atoms with E-state index in [0.717, 1.165) is 133 Å². The van der Waals surface area contributed by atoms with Crippen LogP contribution in [0.3, 0.4) is 0 Å². The molecule has 10 heteroatoms. The maximum Gasteiger partial charge on any atom is 0.165 e. The second-order valence-corrected chi connectivity index (χ2v) is 27.0. The third-order valence-electron chi connectivity index (χ3n) is 21.5. The lowest BCUT2D eigenvalue weighted by Crippen LogP contribution is -2.07. The first kappa shape index (κ1) is 57.5. The van der Waals surface area contributed by atoms with Gasteiger partial charge in [-0.2, -0.15) is 5.26 Å². The summed E-state index contributed by atoms with van der Waals surface area (Å²) in [6.45, 7) is 0.